The van der Waals surface area contributed by atoms with Crippen LogP contribution in [0.25, 0.3) is 0 Å². The number of anilines is 1. The molecule has 0 spiro atoms. The van der Waals surface area contributed by atoms with Gasteiger partial charge in [-0.05, 0) is 49.7 Å². The molecule has 2 aliphatic carbocycles. The molecule has 0 amide bonds. The Morgan fingerprint density at radius 1 is 0.488 bits per heavy atom. The minimum absolute atomic E-state index is 0.169. The van der Waals surface area contributed by atoms with E-state index in [-0.39, 0.29) is 12.1 Å². The van der Waals surface area contributed by atoms with Crippen molar-refractivity contribution in [2.45, 2.75) is 88.1 Å². The first kappa shape index (κ1) is 26.3. The maximum atomic E-state index is 2.63. The van der Waals surface area contributed by atoms with E-state index >= 15 is 0 Å². The number of hydrogen-bond donors (Lipinski definition) is 0. The van der Waals surface area contributed by atoms with Gasteiger partial charge in [-0.2, -0.15) is 0 Å². The minimum Gasteiger partial charge on any atom is -0.222 e. The lowest BCUT2D eigenvalue weighted by Gasteiger charge is -2.29. The number of rotatable bonds is 6. The van der Waals surface area contributed by atoms with Crippen LogP contribution in [0.3, 0.4) is 0 Å². The summed E-state index contributed by atoms with van der Waals surface area (Å²) in [6.45, 7) is 0. The van der Waals surface area contributed by atoms with Crippen LogP contribution in [0.4, 0.5) is 11.4 Å². The van der Waals surface area contributed by atoms with Crippen LogP contribution in [0.5, 0.6) is 0 Å². The van der Waals surface area contributed by atoms with Gasteiger partial charge in [0.15, 0.2) is 12.1 Å². The highest BCUT2D eigenvalue weighted by atomic mass is 15.3. The molecule has 0 bridgehead atoms. The van der Waals surface area contributed by atoms with Crippen LogP contribution in [0.2, 0.25) is 0 Å². The summed E-state index contributed by atoms with van der Waals surface area (Å²) in [5.41, 5.74) is 8.55. The van der Waals surface area contributed by atoms with Gasteiger partial charge in [0.25, 0.3) is 0 Å². The van der Waals surface area contributed by atoms with E-state index < -0.39 is 0 Å². The van der Waals surface area contributed by atoms with Gasteiger partial charge in [-0.3, -0.25) is 0 Å². The summed E-state index contributed by atoms with van der Waals surface area (Å²) < 4.78 is 2.63. The largest absolute Gasteiger partial charge is 0.245 e. The normalized spacial score (nSPS) is 22.0. The van der Waals surface area contributed by atoms with E-state index in [0.29, 0.717) is 11.8 Å². The molecule has 0 saturated heterocycles. The third-order valence-corrected chi connectivity index (χ3v) is 9.95. The van der Waals surface area contributed by atoms with Crippen molar-refractivity contribution in [2.75, 3.05) is 4.90 Å². The molecule has 0 radical (unpaired) electrons. The van der Waals surface area contributed by atoms with E-state index in [2.05, 4.69) is 125 Å². The molecule has 2 nitrogen and oxygen atoms in total. The van der Waals surface area contributed by atoms with Gasteiger partial charge in [0.1, 0.15) is 11.4 Å². The molecule has 0 aromatic heterocycles. The molecule has 1 aliphatic heterocycles. The molecule has 41 heavy (non-hydrogen) atoms. The molecule has 2 atom stereocenters. The van der Waals surface area contributed by atoms with E-state index in [1.807, 2.05) is 0 Å². The second-order valence-corrected chi connectivity index (χ2v) is 12.4. The third kappa shape index (κ3) is 5.25. The molecule has 3 aliphatic rings. The molecular formula is C39H43N2+. The molecule has 0 unspecified atom stereocenters. The smallest absolute Gasteiger partial charge is 0.222 e. The van der Waals surface area contributed by atoms with Crippen LogP contribution in [-0.2, 0) is 0 Å². The number of benzene rings is 4. The van der Waals surface area contributed by atoms with Crippen LogP contribution >= 0.6 is 0 Å². The van der Waals surface area contributed by atoms with E-state index in [4.69, 9.17) is 0 Å². The van der Waals surface area contributed by atoms with Crippen LogP contribution in [0.1, 0.15) is 110 Å². The molecule has 2 fully saturated rings. The summed E-state index contributed by atoms with van der Waals surface area (Å²) in [6, 6.07) is 41.4. The Kier molecular flexibility index (Phi) is 7.73. The third-order valence-electron chi connectivity index (χ3n) is 9.95. The van der Waals surface area contributed by atoms with E-state index in [9.17, 15) is 0 Å². The zero-order chi connectivity index (χ0) is 27.4. The van der Waals surface area contributed by atoms with Crippen molar-refractivity contribution in [2.24, 2.45) is 0 Å². The summed E-state index contributed by atoms with van der Waals surface area (Å²) in [7, 11) is 0. The zero-order valence-electron chi connectivity index (χ0n) is 24.2. The van der Waals surface area contributed by atoms with Gasteiger partial charge in [-0.25, -0.2) is 9.48 Å². The van der Waals surface area contributed by atoms with Gasteiger partial charge in [0.05, 0.1) is 0 Å². The quantitative estimate of drug-likeness (QED) is 0.221. The summed E-state index contributed by atoms with van der Waals surface area (Å²) in [5, 5.41) is 0. The van der Waals surface area contributed by atoms with Gasteiger partial charge in [-0.1, -0.05) is 136 Å². The SMILES string of the molecule is C1=[N+](c2ccccc2C2CCCCC2)[C@H](c2ccccc2)[C@@H](c2ccccc2)N1c1ccccc1C1CCCCC1. The summed E-state index contributed by atoms with van der Waals surface area (Å²) in [4.78, 5) is 2.63. The average molecular weight is 540 g/mol. The highest BCUT2D eigenvalue weighted by Gasteiger charge is 2.47. The Labute approximate surface area is 246 Å². The van der Waals surface area contributed by atoms with Crippen LogP contribution in [0, 0.1) is 0 Å². The van der Waals surface area contributed by atoms with Crippen LogP contribution in [0.15, 0.2) is 109 Å². The Morgan fingerprint density at radius 2 is 1.00 bits per heavy atom. The summed E-state index contributed by atoms with van der Waals surface area (Å²) >= 11 is 0. The number of hydrogen-bond acceptors (Lipinski definition) is 1. The van der Waals surface area contributed by atoms with E-state index in [0.717, 1.165) is 0 Å². The molecule has 2 saturated carbocycles. The lowest BCUT2D eigenvalue weighted by Crippen LogP contribution is -2.27. The van der Waals surface area contributed by atoms with Crippen molar-refractivity contribution in [3.63, 3.8) is 0 Å². The Bertz CT molecular complexity index is 1460. The highest BCUT2D eigenvalue weighted by molar-refractivity contribution is 5.82. The number of nitrogens with zero attached hydrogens (tertiary/aromatic N) is 2. The van der Waals surface area contributed by atoms with Gasteiger partial charge in [0, 0.05) is 22.3 Å². The Morgan fingerprint density at radius 3 is 1.66 bits per heavy atom. The van der Waals surface area contributed by atoms with Crippen molar-refractivity contribution in [3.05, 3.63) is 131 Å². The molecule has 0 N–H and O–H groups in total. The van der Waals surface area contributed by atoms with Crippen molar-refractivity contribution < 1.29 is 4.58 Å². The predicted octanol–water partition coefficient (Wildman–Crippen LogP) is 10.5. The second kappa shape index (κ2) is 12.1. The van der Waals surface area contributed by atoms with Crippen molar-refractivity contribution >= 4 is 17.7 Å². The Hall–Kier alpha value is -3.65. The average Bonchev–Trinajstić information content (AvgIpc) is 3.47. The van der Waals surface area contributed by atoms with Gasteiger partial charge in [0.2, 0.25) is 6.34 Å². The van der Waals surface area contributed by atoms with Crippen molar-refractivity contribution in [1.29, 1.82) is 0 Å². The second-order valence-electron chi connectivity index (χ2n) is 12.4. The first-order chi connectivity index (χ1) is 20.4. The standard InChI is InChI=1S/C39H43N2/c1-5-17-30(18-6-1)34-25-13-15-27-36(34)40-29-41(37-28-16-14-26-35(37)31-19-7-2-8-20-31)39(33-23-11-4-12-24-33)38(40)32-21-9-3-10-22-32/h3-4,9-16,21-31,38-39H,1-2,5-8,17-20H2/q+1/t38-,39-/m1/s1. The fourth-order valence-corrected chi connectivity index (χ4v) is 7.96. The molecule has 1 heterocycles. The predicted molar refractivity (Wildman–Crippen MR) is 171 cm³/mol. The van der Waals surface area contributed by atoms with Gasteiger partial charge >= 0.3 is 0 Å². The zero-order valence-corrected chi connectivity index (χ0v) is 24.2. The molecule has 208 valence electrons. The van der Waals surface area contributed by atoms with Gasteiger partial charge < -0.3 is 0 Å². The number of para-hydroxylation sites is 2. The molecular weight excluding hydrogens is 496 g/mol. The highest BCUT2D eigenvalue weighted by Crippen LogP contribution is 2.49. The maximum absolute atomic E-state index is 2.63. The van der Waals surface area contributed by atoms with Crippen molar-refractivity contribution in [1.82, 2.24) is 0 Å². The lowest BCUT2D eigenvalue weighted by molar-refractivity contribution is -0.482. The maximum Gasteiger partial charge on any atom is 0.245 e. The van der Waals surface area contributed by atoms with Gasteiger partial charge in [-0.15, -0.1) is 0 Å². The molecule has 4 aromatic carbocycles. The first-order valence-corrected chi connectivity index (χ1v) is 16.1. The summed E-state index contributed by atoms with van der Waals surface area (Å²) in [5.74, 6) is 1.28. The van der Waals surface area contributed by atoms with Crippen LogP contribution in [-0.4, -0.2) is 10.9 Å². The van der Waals surface area contributed by atoms with Crippen molar-refractivity contribution in [3.8, 4) is 0 Å². The monoisotopic (exact) mass is 539 g/mol. The fraction of sp³-hybridized carbons (Fsp3) is 0.359. The summed E-state index contributed by atoms with van der Waals surface area (Å²) in [6.07, 6.45) is 15.8. The molecule has 4 aromatic rings. The molecule has 2 heteroatoms. The van der Waals surface area contributed by atoms with Crippen LogP contribution < -0.4 is 4.90 Å². The lowest BCUT2D eigenvalue weighted by atomic mass is 9.82. The Balaban J connectivity index is 1.43. The fourth-order valence-electron chi connectivity index (χ4n) is 7.96. The molecule has 7 rings (SSSR count). The van der Waals surface area contributed by atoms with E-state index in [1.54, 1.807) is 0 Å². The topological polar surface area (TPSA) is 6.25 Å². The first-order valence-electron chi connectivity index (χ1n) is 16.1. The van der Waals surface area contributed by atoms with E-state index in [1.165, 1.54) is 97.8 Å². The minimum atomic E-state index is 0.169.